The van der Waals surface area contributed by atoms with E-state index in [0.29, 0.717) is 0 Å². The fourth-order valence-corrected chi connectivity index (χ4v) is 12.2. The highest BCUT2D eigenvalue weighted by molar-refractivity contribution is 7.26. The molecule has 2 heteroatoms. The van der Waals surface area contributed by atoms with Crippen LogP contribution in [0.4, 0.5) is 0 Å². The Kier molecular flexibility index (Phi) is 4.05. The highest BCUT2D eigenvalue weighted by Gasteiger charge is 2.48. The van der Waals surface area contributed by atoms with Crippen LogP contribution in [0, 0.1) is 6.92 Å². The highest BCUT2D eigenvalue weighted by atomic mass is 32.1. The summed E-state index contributed by atoms with van der Waals surface area (Å²) in [6, 6.07) is 43.5. The van der Waals surface area contributed by atoms with E-state index in [1.807, 2.05) is 11.3 Å². The van der Waals surface area contributed by atoms with Crippen LogP contribution in [0.2, 0.25) is 0 Å². The lowest BCUT2D eigenvalue weighted by molar-refractivity contribution is 1.49. The topological polar surface area (TPSA) is 0 Å². The summed E-state index contributed by atoms with van der Waals surface area (Å²) in [4.78, 5) is 0. The monoisotopic (exact) mass is 454 g/mol. The number of thiophene rings is 1. The van der Waals surface area contributed by atoms with E-state index in [1.165, 1.54) is 57.6 Å². The van der Waals surface area contributed by atoms with E-state index in [9.17, 15) is 0 Å². The van der Waals surface area contributed by atoms with Gasteiger partial charge in [-0.1, -0.05) is 109 Å². The molecule has 156 valence electrons. The van der Waals surface area contributed by atoms with Crippen LogP contribution in [0.25, 0.3) is 31.3 Å². The summed E-state index contributed by atoms with van der Waals surface area (Å²) in [7, 11) is -2.43. The van der Waals surface area contributed by atoms with Crippen molar-refractivity contribution in [1.29, 1.82) is 0 Å². The zero-order chi connectivity index (χ0) is 22.0. The predicted octanol–water partition coefficient (Wildman–Crippen LogP) is 5.72. The normalized spacial score (nSPS) is 13.8. The predicted molar refractivity (Wildman–Crippen MR) is 147 cm³/mol. The van der Waals surface area contributed by atoms with Crippen LogP contribution >= 0.6 is 11.3 Å². The minimum absolute atomic E-state index is 1.33. The molecule has 0 atom stereocenters. The lowest BCUT2D eigenvalue weighted by atomic mass is 10.0. The van der Waals surface area contributed by atoms with Crippen molar-refractivity contribution < 1.29 is 0 Å². The Balaban J connectivity index is 1.70. The molecular weight excluding hydrogens is 432 g/mol. The number of hydrogen-bond acceptors (Lipinski definition) is 1. The van der Waals surface area contributed by atoms with Crippen LogP contribution in [-0.4, -0.2) is 8.07 Å². The number of rotatable bonds is 2. The molecule has 2 heterocycles. The molecule has 1 aromatic heterocycles. The average molecular weight is 455 g/mol. The first-order valence-corrected chi connectivity index (χ1v) is 14.3. The Morgan fingerprint density at radius 2 is 1.15 bits per heavy atom. The van der Waals surface area contributed by atoms with Crippen molar-refractivity contribution in [3.63, 3.8) is 0 Å². The van der Waals surface area contributed by atoms with Crippen LogP contribution in [0.15, 0.2) is 115 Å². The second-order valence-electron chi connectivity index (χ2n) is 9.02. The van der Waals surface area contributed by atoms with Gasteiger partial charge in [-0.2, -0.15) is 0 Å². The molecule has 0 bridgehead atoms. The van der Waals surface area contributed by atoms with Crippen molar-refractivity contribution in [2.75, 3.05) is 0 Å². The van der Waals surface area contributed by atoms with Crippen LogP contribution in [0.1, 0.15) is 5.56 Å². The SMILES string of the molecule is Cc1ccc2c(c1)[Si](c1ccccc1)(c1ccccc1)c1cc3c(cc1-2)sc1ccccc13. The van der Waals surface area contributed by atoms with E-state index in [1.54, 1.807) is 0 Å². The van der Waals surface area contributed by atoms with Gasteiger partial charge in [-0.25, -0.2) is 0 Å². The van der Waals surface area contributed by atoms with Gasteiger partial charge in [0.15, 0.2) is 8.07 Å². The molecule has 6 aromatic rings. The third-order valence-electron chi connectivity index (χ3n) is 7.20. The summed E-state index contributed by atoms with van der Waals surface area (Å²) in [5.74, 6) is 0. The van der Waals surface area contributed by atoms with Crippen molar-refractivity contribution in [3.05, 3.63) is 121 Å². The van der Waals surface area contributed by atoms with Gasteiger partial charge in [-0.15, -0.1) is 11.3 Å². The maximum atomic E-state index is 2.55. The Morgan fingerprint density at radius 3 is 1.88 bits per heavy atom. The Hall–Kier alpha value is -3.46. The van der Waals surface area contributed by atoms with Crippen molar-refractivity contribution >= 4 is 60.3 Å². The first-order valence-electron chi connectivity index (χ1n) is 11.4. The van der Waals surface area contributed by atoms with Crippen molar-refractivity contribution in [1.82, 2.24) is 0 Å². The third-order valence-corrected chi connectivity index (χ3v) is 13.2. The fraction of sp³-hybridized carbons (Fsp3) is 0.0323. The molecule has 1 aliphatic heterocycles. The second-order valence-corrected chi connectivity index (χ2v) is 13.8. The molecule has 5 aromatic carbocycles. The molecule has 0 radical (unpaired) electrons. The maximum absolute atomic E-state index is 2.55. The standard InChI is InChI=1S/C31H22SSi/c1-21-16-17-25-27-19-29-26(24-14-8-9-15-28(24)32-29)20-31(27)33(30(25)18-21,22-10-4-2-5-11-22)23-12-6-3-7-13-23/h2-20H,1H3. The van der Waals surface area contributed by atoms with E-state index in [4.69, 9.17) is 0 Å². The first-order chi connectivity index (χ1) is 16.3. The maximum Gasteiger partial charge on any atom is 0.180 e. The van der Waals surface area contributed by atoms with Crippen molar-refractivity contribution in [2.24, 2.45) is 0 Å². The minimum Gasteiger partial charge on any atom is -0.135 e. The summed E-state index contributed by atoms with van der Waals surface area (Å²) >= 11 is 1.91. The van der Waals surface area contributed by atoms with Gasteiger partial charge in [0.2, 0.25) is 0 Å². The summed E-state index contributed by atoms with van der Waals surface area (Å²) in [6.45, 7) is 2.23. The highest BCUT2D eigenvalue weighted by Crippen LogP contribution is 2.38. The van der Waals surface area contributed by atoms with E-state index >= 15 is 0 Å². The largest absolute Gasteiger partial charge is 0.180 e. The Labute approximate surface area is 198 Å². The van der Waals surface area contributed by atoms with Crippen molar-refractivity contribution in [3.8, 4) is 11.1 Å². The third kappa shape index (κ3) is 2.56. The molecule has 7 rings (SSSR count). The minimum atomic E-state index is -2.43. The molecule has 0 spiro atoms. The Bertz CT molecular complexity index is 1620. The fourth-order valence-electron chi connectivity index (χ4n) is 5.82. The zero-order valence-corrected chi connectivity index (χ0v) is 20.2. The van der Waals surface area contributed by atoms with Gasteiger partial charge >= 0.3 is 0 Å². The van der Waals surface area contributed by atoms with Gasteiger partial charge in [-0.3, -0.25) is 0 Å². The molecule has 0 aliphatic carbocycles. The van der Waals surface area contributed by atoms with Gasteiger partial charge in [0.1, 0.15) is 0 Å². The average Bonchev–Trinajstić information content (AvgIpc) is 3.36. The zero-order valence-electron chi connectivity index (χ0n) is 18.4. The van der Waals surface area contributed by atoms with Gasteiger partial charge in [-0.05, 0) is 50.9 Å². The molecule has 0 amide bonds. The number of fused-ring (bicyclic) bond motifs is 6. The number of hydrogen-bond donors (Lipinski definition) is 0. The van der Waals surface area contributed by atoms with E-state index in [-0.39, 0.29) is 0 Å². The van der Waals surface area contributed by atoms with Gasteiger partial charge in [0.25, 0.3) is 0 Å². The van der Waals surface area contributed by atoms with E-state index in [2.05, 4.69) is 122 Å². The van der Waals surface area contributed by atoms with Crippen LogP contribution in [0.5, 0.6) is 0 Å². The molecule has 0 N–H and O–H groups in total. The molecule has 0 saturated heterocycles. The molecule has 0 fully saturated rings. The van der Waals surface area contributed by atoms with E-state index < -0.39 is 8.07 Å². The molecule has 33 heavy (non-hydrogen) atoms. The van der Waals surface area contributed by atoms with E-state index in [0.717, 1.165) is 0 Å². The molecule has 1 aliphatic rings. The molecule has 0 nitrogen and oxygen atoms in total. The smallest absolute Gasteiger partial charge is 0.135 e. The molecule has 0 saturated carbocycles. The summed E-state index contributed by atoms with van der Waals surface area (Å²) in [5, 5.41) is 8.73. The lowest BCUT2D eigenvalue weighted by Gasteiger charge is -2.31. The summed E-state index contributed by atoms with van der Waals surface area (Å²) in [5.41, 5.74) is 4.16. The Morgan fingerprint density at radius 1 is 0.515 bits per heavy atom. The van der Waals surface area contributed by atoms with Crippen LogP contribution in [-0.2, 0) is 0 Å². The second kappa shape index (κ2) is 7.02. The van der Waals surface area contributed by atoms with Crippen LogP contribution < -0.4 is 20.7 Å². The summed E-state index contributed by atoms with van der Waals surface area (Å²) < 4.78 is 2.75. The molecule has 0 unspecified atom stereocenters. The molecular formula is C31H22SSi. The quantitative estimate of drug-likeness (QED) is 0.293. The van der Waals surface area contributed by atoms with Crippen LogP contribution in [0.3, 0.4) is 0 Å². The van der Waals surface area contributed by atoms with Crippen molar-refractivity contribution in [2.45, 2.75) is 6.92 Å². The number of benzene rings is 5. The van der Waals surface area contributed by atoms with Gasteiger partial charge < -0.3 is 0 Å². The first kappa shape index (κ1) is 19.0. The van der Waals surface area contributed by atoms with Gasteiger partial charge in [0, 0.05) is 20.2 Å². The lowest BCUT2D eigenvalue weighted by Crippen LogP contribution is -2.72. The number of aryl methyl sites for hydroxylation is 1. The summed E-state index contributed by atoms with van der Waals surface area (Å²) in [6.07, 6.45) is 0. The van der Waals surface area contributed by atoms with Gasteiger partial charge in [0.05, 0.1) is 0 Å².